The number of amides is 1. The van der Waals surface area contributed by atoms with Gasteiger partial charge in [0.15, 0.2) is 0 Å². The molecule has 3 rings (SSSR count). The standard InChI is InChI=1S/C17H23N3OS/c1-11-7-12(2)10-20(9-11)17(21)16-6-5-15(22-16)14-8-13(3)19(4)18-14/h5-6,8,11-12H,7,9-10H2,1-4H3. The Balaban J connectivity index is 1.79. The van der Waals surface area contributed by atoms with Crippen LogP contribution in [-0.4, -0.2) is 33.7 Å². The minimum Gasteiger partial charge on any atom is -0.337 e. The molecule has 22 heavy (non-hydrogen) atoms. The maximum atomic E-state index is 12.7. The molecule has 118 valence electrons. The molecule has 1 saturated heterocycles. The van der Waals surface area contributed by atoms with Gasteiger partial charge in [-0.25, -0.2) is 0 Å². The van der Waals surface area contributed by atoms with Gasteiger partial charge in [-0.3, -0.25) is 9.48 Å². The fourth-order valence-electron chi connectivity index (χ4n) is 3.26. The second-order valence-electron chi connectivity index (χ2n) is 6.61. The van der Waals surface area contributed by atoms with E-state index in [2.05, 4.69) is 25.0 Å². The zero-order valence-electron chi connectivity index (χ0n) is 13.7. The molecule has 0 radical (unpaired) electrons. The predicted octanol–water partition coefficient (Wildman–Crippen LogP) is 3.58. The molecular formula is C17H23N3OS. The van der Waals surface area contributed by atoms with Crippen LogP contribution in [0.3, 0.4) is 0 Å². The molecule has 0 saturated carbocycles. The van der Waals surface area contributed by atoms with Gasteiger partial charge in [-0.15, -0.1) is 11.3 Å². The van der Waals surface area contributed by atoms with Gasteiger partial charge in [0.25, 0.3) is 5.91 Å². The van der Waals surface area contributed by atoms with Crippen LogP contribution in [0, 0.1) is 18.8 Å². The van der Waals surface area contributed by atoms with Crippen molar-refractivity contribution in [3.63, 3.8) is 0 Å². The van der Waals surface area contributed by atoms with E-state index >= 15 is 0 Å². The Labute approximate surface area is 135 Å². The molecule has 2 aromatic heterocycles. The van der Waals surface area contributed by atoms with E-state index in [0.29, 0.717) is 11.8 Å². The lowest BCUT2D eigenvalue weighted by atomic mass is 9.92. The number of likely N-dealkylation sites (tertiary alicyclic amines) is 1. The molecule has 0 aromatic carbocycles. The predicted molar refractivity (Wildman–Crippen MR) is 90.1 cm³/mol. The summed E-state index contributed by atoms with van der Waals surface area (Å²) >= 11 is 1.55. The molecule has 1 aliphatic rings. The highest BCUT2D eigenvalue weighted by Gasteiger charge is 2.27. The molecule has 3 heterocycles. The van der Waals surface area contributed by atoms with Crippen molar-refractivity contribution in [1.82, 2.24) is 14.7 Å². The van der Waals surface area contributed by atoms with E-state index < -0.39 is 0 Å². The Morgan fingerprint density at radius 3 is 2.55 bits per heavy atom. The highest BCUT2D eigenvalue weighted by molar-refractivity contribution is 7.17. The van der Waals surface area contributed by atoms with Gasteiger partial charge in [-0.05, 0) is 43.4 Å². The first-order valence-corrected chi connectivity index (χ1v) is 8.66. The Kier molecular flexibility index (Phi) is 4.08. The summed E-state index contributed by atoms with van der Waals surface area (Å²) in [7, 11) is 1.94. The highest BCUT2D eigenvalue weighted by atomic mass is 32.1. The number of nitrogens with zero attached hydrogens (tertiary/aromatic N) is 3. The average Bonchev–Trinajstić information content (AvgIpc) is 3.05. The van der Waals surface area contributed by atoms with Crippen molar-refractivity contribution in [1.29, 1.82) is 0 Å². The van der Waals surface area contributed by atoms with Crippen molar-refractivity contribution in [3.05, 3.63) is 28.8 Å². The number of hydrogen-bond acceptors (Lipinski definition) is 3. The smallest absolute Gasteiger partial charge is 0.263 e. The number of carbonyl (C=O) groups excluding carboxylic acids is 1. The van der Waals surface area contributed by atoms with Gasteiger partial charge in [0, 0.05) is 25.8 Å². The number of piperidine rings is 1. The summed E-state index contributed by atoms with van der Waals surface area (Å²) in [4.78, 5) is 16.6. The zero-order valence-corrected chi connectivity index (χ0v) is 14.5. The van der Waals surface area contributed by atoms with Crippen LogP contribution in [0.5, 0.6) is 0 Å². The van der Waals surface area contributed by atoms with E-state index in [1.165, 1.54) is 6.42 Å². The van der Waals surface area contributed by atoms with Crippen LogP contribution in [0.4, 0.5) is 0 Å². The lowest BCUT2D eigenvalue weighted by Gasteiger charge is -2.34. The highest BCUT2D eigenvalue weighted by Crippen LogP contribution is 2.30. The van der Waals surface area contributed by atoms with Crippen LogP contribution < -0.4 is 0 Å². The number of aryl methyl sites for hydroxylation is 2. The number of carbonyl (C=O) groups is 1. The fourth-order valence-corrected chi connectivity index (χ4v) is 4.19. The lowest BCUT2D eigenvalue weighted by molar-refractivity contribution is 0.0628. The molecule has 2 unspecified atom stereocenters. The molecule has 5 heteroatoms. The normalized spacial score (nSPS) is 22.1. The summed E-state index contributed by atoms with van der Waals surface area (Å²) in [6, 6.07) is 6.01. The maximum absolute atomic E-state index is 12.7. The Morgan fingerprint density at radius 1 is 1.27 bits per heavy atom. The van der Waals surface area contributed by atoms with Gasteiger partial charge in [-0.2, -0.15) is 5.10 Å². The molecule has 1 fully saturated rings. The molecule has 2 atom stereocenters. The largest absolute Gasteiger partial charge is 0.337 e. The summed E-state index contributed by atoms with van der Waals surface area (Å²) < 4.78 is 1.87. The topological polar surface area (TPSA) is 38.1 Å². The zero-order chi connectivity index (χ0) is 15.9. The molecule has 0 spiro atoms. The van der Waals surface area contributed by atoms with Gasteiger partial charge in [0.2, 0.25) is 0 Å². The van der Waals surface area contributed by atoms with Gasteiger partial charge >= 0.3 is 0 Å². The van der Waals surface area contributed by atoms with Gasteiger partial charge < -0.3 is 4.90 Å². The second-order valence-corrected chi connectivity index (χ2v) is 7.70. The molecule has 4 nitrogen and oxygen atoms in total. The number of aromatic nitrogens is 2. The number of hydrogen-bond donors (Lipinski definition) is 0. The van der Waals surface area contributed by atoms with E-state index in [4.69, 9.17) is 0 Å². The molecule has 0 aliphatic carbocycles. The van der Waals surface area contributed by atoms with E-state index in [1.807, 2.05) is 35.7 Å². The van der Waals surface area contributed by atoms with Crippen LogP contribution in [-0.2, 0) is 7.05 Å². The third-order valence-electron chi connectivity index (χ3n) is 4.34. The first-order valence-electron chi connectivity index (χ1n) is 7.84. The van der Waals surface area contributed by atoms with Crippen molar-refractivity contribution >= 4 is 17.2 Å². The monoisotopic (exact) mass is 317 g/mol. The Morgan fingerprint density at radius 2 is 1.95 bits per heavy atom. The number of rotatable bonds is 2. The summed E-state index contributed by atoms with van der Waals surface area (Å²) in [6.07, 6.45) is 1.21. The molecule has 0 N–H and O–H groups in total. The molecule has 1 aliphatic heterocycles. The van der Waals surface area contributed by atoms with Crippen LogP contribution in [0.1, 0.15) is 35.6 Å². The fraction of sp³-hybridized carbons (Fsp3) is 0.529. The van der Waals surface area contributed by atoms with Crippen LogP contribution in [0.25, 0.3) is 10.6 Å². The van der Waals surface area contributed by atoms with Gasteiger partial charge in [0.05, 0.1) is 9.75 Å². The molecule has 0 bridgehead atoms. The quantitative estimate of drug-likeness (QED) is 0.849. The van der Waals surface area contributed by atoms with E-state index in [9.17, 15) is 4.79 Å². The van der Waals surface area contributed by atoms with Gasteiger partial charge in [-0.1, -0.05) is 13.8 Å². The van der Waals surface area contributed by atoms with Gasteiger partial charge in [0.1, 0.15) is 5.69 Å². The van der Waals surface area contributed by atoms with E-state index in [0.717, 1.165) is 34.2 Å². The van der Waals surface area contributed by atoms with Crippen molar-refractivity contribution in [2.75, 3.05) is 13.1 Å². The lowest BCUT2D eigenvalue weighted by Crippen LogP contribution is -2.42. The minimum atomic E-state index is 0.169. The van der Waals surface area contributed by atoms with Crippen LogP contribution in [0.2, 0.25) is 0 Å². The first-order chi connectivity index (χ1) is 10.4. The van der Waals surface area contributed by atoms with Crippen LogP contribution >= 0.6 is 11.3 Å². The molecule has 1 amide bonds. The van der Waals surface area contributed by atoms with Crippen molar-refractivity contribution < 1.29 is 4.79 Å². The van der Waals surface area contributed by atoms with Crippen molar-refractivity contribution in [2.45, 2.75) is 27.2 Å². The second kappa shape index (κ2) is 5.88. The SMILES string of the molecule is Cc1cc(-c2ccc(C(=O)N3CC(C)CC(C)C3)s2)nn1C. The third kappa shape index (κ3) is 2.95. The summed E-state index contributed by atoms with van der Waals surface area (Å²) in [5.74, 6) is 1.35. The minimum absolute atomic E-state index is 0.169. The average molecular weight is 317 g/mol. The summed E-state index contributed by atoms with van der Waals surface area (Å²) in [5.41, 5.74) is 2.07. The third-order valence-corrected chi connectivity index (χ3v) is 5.43. The maximum Gasteiger partial charge on any atom is 0.263 e. The summed E-state index contributed by atoms with van der Waals surface area (Å²) in [6.45, 7) is 8.24. The number of thiophene rings is 1. The van der Waals surface area contributed by atoms with E-state index in [-0.39, 0.29) is 5.91 Å². The Bertz CT molecular complexity index is 658. The van der Waals surface area contributed by atoms with E-state index in [1.54, 1.807) is 11.3 Å². The molecular weight excluding hydrogens is 294 g/mol. The van der Waals surface area contributed by atoms with Crippen LogP contribution in [0.15, 0.2) is 18.2 Å². The van der Waals surface area contributed by atoms with Crippen molar-refractivity contribution in [3.8, 4) is 10.6 Å². The first kappa shape index (κ1) is 15.3. The Hall–Kier alpha value is -1.62. The summed E-state index contributed by atoms with van der Waals surface area (Å²) in [5, 5.41) is 4.49. The molecule has 2 aromatic rings. The van der Waals surface area contributed by atoms with Crippen molar-refractivity contribution in [2.24, 2.45) is 18.9 Å².